The largest absolute Gasteiger partial charge is 0.346 e. The molecule has 0 aromatic carbocycles. The molecule has 1 aliphatic rings. The third-order valence-corrected chi connectivity index (χ3v) is 1.77. The second-order valence-electron chi connectivity index (χ2n) is 2.60. The highest BCUT2D eigenvalue weighted by Crippen LogP contribution is 2.12. The molecule has 0 fully saturated rings. The first-order chi connectivity index (χ1) is 7.79. The van der Waals surface area contributed by atoms with E-state index in [0.717, 1.165) is 23.5 Å². The van der Waals surface area contributed by atoms with Crippen LogP contribution in [0.1, 0.15) is 43.0 Å². The Kier molecular flexibility index (Phi) is 12.6. The molecule has 0 unspecified atom stereocenters. The van der Waals surface area contributed by atoms with E-state index in [4.69, 9.17) is 0 Å². The molecule has 0 aromatic rings. The highest BCUT2D eigenvalue weighted by molar-refractivity contribution is 6.04. The zero-order valence-electron chi connectivity index (χ0n) is 11.6. The van der Waals surface area contributed by atoms with Crippen LogP contribution in [-0.2, 0) is 0 Å². The maximum absolute atomic E-state index is 4.31. The number of aliphatic imine (C=N–C) groups is 1. The van der Waals surface area contributed by atoms with E-state index in [0.29, 0.717) is 0 Å². The van der Waals surface area contributed by atoms with E-state index >= 15 is 0 Å². The van der Waals surface area contributed by atoms with Crippen LogP contribution in [0.3, 0.4) is 0 Å². The van der Waals surface area contributed by atoms with Gasteiger partial charge in [0.1, 0.15) is 5.84 Å². The Morgan fingerprint density at radius 1 is 1.44 bits per heavy atom. The quantitative estimate of drug-likeness (QED) is 0.742. The van der Waals surface area contributed by atoms with Gasteiger partial charge in [0.2, 0.25) is 0 Å². The number of rotatable bonds is 2. The Labute approximate surface area is 102 Å². The molecule has 1 aliphatic heterocycles. The standard InChI is InChI=1S/C10H14N2.2C2H6.H2/c1-4-8(3)9-6-7-12-10(9)11-5-2;2*1-2;/h4,6-7H,1,5H2,2-3H3,(H,11,12);2*1-2H3;1H/b9-8+;;;. The van der Waals surface area contributed by atoms with Gasteiger partial charge in [-0.2, -0.15) is 0 Å². The summed E-state index contributed by atoms with van der Waals surface area (Å²) in [7, 11) is 0. The van der Waals surface area contributed by atoms with Crippen molar-refractivity contribution in [3.05, 3.63) is 36.1 Å². The van der Waals surface area contributed by atoms with Crippen LogP contribution in [0.2, 0.25) is 0 Å². The average molecular weight is 224 g/mol. The molecular weight excluding hydrogens is 196 g/mol. The maximum atomic E-state index is 4.31. The lowest BCUT2D eigenvalue weighted by atomic mass is 10.1. The first kappa shape index (κ1) is 17.1. The molecule has 2 heteroatoms. The zero-order chi connectivity index (χ0) is 13.0. The molecule has 0 bridgehead atoms. The van der Waals surface area contributed by atoms with Crippen LogP contribution < -0.4 is 5.32 Å². The monoisotopic (exact) mass is 224 g/mol. The van der Waals surface area contributed by atoms with E-state index in [1.165, 1.54) is 0 Å². The number of hydrogen-bond donors (Lipinski definition) is 1. The van der Waals surface area contributed by atoms with E-state index in [1.54, 1.807) is 0 Å². The molecule has 1 N–H and O–H groups in total. The Morgan fingerprint density at radius 2 is 2.00 bits per heavy atom. The van der Waals surface area contributed by atoms with Crippen molar-refractivity contribution in [2.45, 2.75) is 41.5 Å². The van der Waals surface area contributed by atoms with E-state index in [-0.39, 0.29) is 1.43 Å². The number of nitrogens with zero attached hydrogens (tertiary/aromatic N) is 1. The first-order valence-corrected chi connectivity index (χ1v) is 6.10. The van der Waals surface area contributed by atoms with Crippen LogP contribution in [-0.4, -0.2) is 12.4 Å². The summed E-state index contributed by atoms with van der Waals surface area (Å²) in [4.78, 5) is 4.31. The summed E-state index contributed by atoms with van der Waals surface area (Å²) in [5, 5.41) is 3.09. The molecule has 0 aromatic heterocycles. The molecule has 1 heterocycles. The van der Waals surface area contributed by atoms with Gasteiger partial charge in [-0.05, 0) is 25.5 Å². The van der Waals surface area contributed by atoms with Crippen molar-refractivity contribution in [3.63, 3.8) is 0 Å². The van der Waals surface area contributed by atoms with Gasteiger partial charge < -0.3 is 5.32 Å². The van der Waals surface area contributed by atoms with Gasteiger partial charge in [-0.1, -0.05) is 40.3 Å². The average Bonchev–Trinajstić information content (AvgIpc) is 2.82. The van der Waals surface area contributed by atoms with Crippen molar-refractivity contribution in [2.24, 2.45) is 4.99 Å². The van der Waals surface area contributed by atoms with E-state index in [2.05, 4.69) is 16.9 Å². The molecule has 0 atom stereocenters. The summed E-state index contributed by atoms with van der Waals surface area (Å²) in [6.45, 7) is 16.6. The van der Waals surface area contributed by atoms with Gasteiger partial charge in [0.25, 0.3) is 0 Å². The SMILES string of the molecule is C=C/C(C)=C1\C=CNC1=NCC.CC.CC.[HH]. The van der Waals surface area contributed by atoms with Crippen LogP contribution in [0.5, 0.6) is 0 Å². The summed E-state index contributed by atoms with van der Waals surface area (Å²) >= 11 is 0. The topological polar surface area (TPSA) is 24.4 Å². The lowest BCUT2D eigenvalue weighted by molar-refractivity contribution is 1.10. The zero-order valence-corrected chi connectivity index (χ0v) is 11.6. The van der Waals surface area contributed by atoms with Crippen LogP contribution in [0, 0.1) is 0 Å². The summed E-state index contributed by atoms with van der Waals surface area (Å²) in [6.07, 6.45) is 5.76. The second-order valence-corrected chi connectivity index (χ2v) is 2.60. The maximum Gasteiger partial charge on any atom is 0.132 e. The van der Waals surface area contributed by atoms with Crippen LogP contribution in [0.15, 0.2) is 41.1 Å². The summed E-state index contributed by atoms with van der Waals surface area (Å²) in [5.41, 5.74) is 2.30. The molecule has 0 spiro atoms. The van der Waals surface area contributed by atoms with Crippen molar-refractivity contribution >= 4 is 5.84 Å². The molecule has 0 amide bonds. The van der Waals surface area contributed by atoms with Gasteiger partial charge in [-0.15, -0.1) is 0 Å². The number of amidine groups is 1. The predicted octanol–water partition coefficient (Wildman–Crippen LogP) is 4.32. The summed E-state index contributed by atoms with van der Waals surface area (Å²) in [5.74, 6) is 0.954. The third kappa shape index (κ3) is 5.54. The van der Waals surface area contributed by atoms with Crippen molar-refractivity contribution < 1.29 is 1.43 Å². The van der Waals surface area contributed by atoms with Crippen molar-refractivity contribution in [1.82, 2.24) is 5.32 Å². The van der Waals surface area contributed by atoms with Crippen molar-refractivity contribution in [2.75, 3.05) is 6.54 Å². The molecule has 0 radical (unpaired) electrons. The Morgan fingerprint density at radius 3 is 2.44 bits per heavy atom. The van der Waals surface area contributed by atoms with E-state index in [9.17, 15) is 0 Å². The fourth-order valence-electron chi connectivity index (χ4n) is 1.08. The van der Waals surface area contributed by atoms with Gasteiger partial charge in [-0.25, -0.2) is 0 Å². The van der Waals surface area contributed by atoms with Crippen LogP contribution in [0.25, 0.3) is 0 Å². The summed E-state index contributed by atoms with van der Waals surface area (Å²) < 4.78 is 0. The highest BCUT2D eigenvalue weighted by Gasteiger charge is 2.09. The fraction of sp³-hybridized carbons (Fsp3) is 0.500. The number of allylic oxidation sites excluding steroid dienone is 2. The van der Waals surface area contributed by atoms with Crippen molar-refractivity contribution in [3.8, 4) is 0 Å². The second kappa shape index (κ2) is 11.8. The molecule has 0 saturated heterocycles. The Hall–Kier alpha value is -1.31. The molecule has 0 aliphatic carbocycles. The van der Waals surface area contributed by atoms with Crippen LogP contribution >= 0.6 is 0 Å². The Balaban J connectivity index is -0.000000355. The molecule has 16 heavy (non-hydrogen) atoms. The van der Waals surface area contributed by atoms with Crippen LogP contribution in [0.4, 0.5) is 0 Å². The smallest absolute Gasteiger partial charge is 0.132 e. The van der Waals surface area contributed by atoms with Gasteiger partial charge in [0.15, 0.2) is 0 Å². The van der Waals surface area contributed by atoms with Gasteiger partial charge in [0.05, 0.1) is 0 Å². The highest BCUT2D eigenvalue weighted by atomic mass is 15.0. The van der Waals surface area contributed by atoms with Crippen molar-refractivity contribution in [1.29, 1.82) is 0 Å². The molecular formula is C14H28N2. The van der Waals surface area contributed by atoms with Gasteiger partial charge in [-0.3, -0.25) is 4.99 Å². The number of hydrogen-bond acceptors (Lipinski definition) is 1. The number of nitrogens with one attached hydrogen (secondary N) is 1. The molecule has 1 rings (SSSR count). The molecule has 94 valence electrons. The molecule has 2 nitrogen and oxygen atoms in total. The normalized spacial score (nSPS) is 17.8. The molecule has 0 saturated carbocycles. The van der Waals surface area contributed by atoms with Gasteiger partial charge in [0, 0.05) is 19.7 Å². The minimum atomic E-state index is 0. The van der Waals surface area contributed by atoms with E-state index in [1.807, 2.05) is 59.9 Å². The lowest BCUT2D eigenvalue weighted by Gasteiger charge is -2.01. The van der Waals surface area contributed by atoms with E-state index < -0.39 is 0 Å². The summed E-state index contributed by atoms with van der Waals surface area (Å²) in [6, 6.07) is 0. The fourth-order valence-corrected chi connectivity index (χ4v) is 1.08. The third-order valence-electron chi connectivity index (χ3n) is 1.77. The minimum absolute atomic E-state index is 0. The minimum Gasteiger partial charge on any atom is -0.346 e. The first-order valence-electron chi connectivity index (χ1n) is 6.10. The Bertz CT molecular complexity index is 276. The predicted molar refractivity (Wildman–Crippen MR) is 78.0 cm³/mol. The lowest BCUT2D eigenvalue weighted by Crippen LogP contribution is -2.14. The van der Waals surface area contributed by atoms with Gasteiger partial charge >= 0.3 is 0 Å².